The average Bonchev–Trinajstić information content (AvgIpc) is 3.54. The molecule has 212 valence electrons. The van der Waals surface area contributed by atoms with Crippen LogP contribution in [0, 0.1) is 0 Å². The van der Waals surface area contributed by atoms with Crippen LogP contribution in [0.25, 0.3) is 0 Å². The van der Waals surface area contributed by atoms with E-state index < -0.39 is 42.5 Å². The molecule has 0 aliphatic carbocycles. The van der Waals surface area contributed by atoms with Crippen LogP contribution in [0.15, 0.2) is 43.0 Å². The Morgan fingerprint density at radius 2 is 1.61 bits per heavy atom. The van der Waals surface area contributed by atoms with Crippen LogP contribution in [0.3, 0.4) is 0 Å². The fraction of sp³-hybridized carbons (Fsp3) is 0.714. The summed E-state index contributed by atoms with van der Waals surface area (Å²) in [5.74, 6) is -1.51. The highest BCUT2D eigenvalue weighted by atomic mass is 16.9. The summed E-state index contributed by atoms with van der Waals surface area (Å²) in [7, 11) is 0. The first-order chi connectivity index (χ1) is 18.2. The molecule has 4 fully saturated rings. The van der Waals surface area contributed by atoms with Crippen molar-refractivity contribution in [1.29, 1.82) is 0 Å². The molecule has 0 spiro atoms. The second-order valence-corrected chi connectivity index (χ2v) is 11.1. The number of nitrogens with one attached hydrogen (secondary N) is 1. The van der Waals surface area contributed by atoms with Crippen LogP contribution in [-0.2, 0) is 44.5 Å². The SMILES string of the molecule is C=CCO[C@@H]1[C@H]2OC(C)(C)O[C@H]2O[C@@H]1CN[C@@H](CCO)[C@@H]1O[C@@H]2OC(C)(C)O[C@@H]2[C@H]1OCc1ccccc1. The zero-order valence-corrected chi connectivity index (χ0v) is 22.6. The number of hydrogen-bond donors (Lipinski definition) is 2. The van der Waals surface area contributed by atoms with Gasteiger partial charge in [-0.05, 0) is 39.7 Å². The van der Waals surface area contributed by atoms with Crippen molar-refractivity contribution in [3.8, 4) is 0 Å². The summed E-state index contributed by atoms with van der Waals surface area (Å²) >= 11 is 0. The number of aliphatic hydroxyl groups excluding tert-OH is 1. The molecule has 2 N–H and O–H groups in total. The van der Waals surface area contributed by atoms with E-state index in [1.165, 1.54) is 0 Å². The molecular weight excluding hydrogens is 494 g/mol. The highest BCUT2D eigenvalue weighted by molar-refractivity contribution is 5.14. The summed E-state index contributed by atoms with van der Waals surface area (Å²) in [6.45, 7) is 12.4. The lowest BCUT2D eigenvalue weighted by Gasteiger charge is -2.33. The van der Waals surface area contributed by atoms with E-state index in [0.717, 1.165) is 5.56 Å². The van der Waals surface area contributed by atoms with Crippen LogP contribution in [0.5, 0.6) is 0 Å². The Bertz CT molecular complexity index is 928. The summed E-state index contributed by atoms with van der Waals surface area (Å²) in [6.07, 6.45) is -1.18. The molecule has 1 aromatic rings. The van der Waals surface area contributed by atoms with Crippen molar-refractivity contribution >= 4 is 0 Å². The fourth-order valence-electron chi connectivity index (χ4n) is 5.67. The molecule has 1 aromatic carbocycles. The van der Waals surface area contributed by atoms with Crippen molar-refractivity contribution in [3.05, 3.63) is 48.6 Å². The van der Waals surface area contributed by atoms with E-state index in [-0.39, 0.29) is 31.0 Å². The van der Waals surface area contributed by atoms with Crippen LogP contribution < -0.4 is 5.32 Å². The average molecular weight is 536 g/mol. The van der Waals surface area contributed by atoms with Crippen LogP contribution in [0.1, 0.15) is 39.7 Å². The van der Waals surface area contributed by atoms with Gasteiger partial charge in [0.15, 0.2) is 24.2 Å². The molecule has 4 saturated heterocycles. The first-order valence-corrected chi connectivity index (χ1v) is 13.4. The Balaban J connectivity index is 1.28. The lowest BCUT2D eigenvalue weighted by Crippen LogP contribution is -2.52. The first-order valence-electron chi connectivity index (χ1n) is 13.4. The highest BCUT2D eigenvalue weighted by Crippen LogP contribution is 2.41. The van der Waals surface area contributed by atoms with Crippen LogP contribution in [-0.4, -0.2) is 91.7 Å². The van der Waals surface area contributed by atoms with Gasteiger partial charge in [0.2, 0.25) is 0 Å². The van der Waals surface area contributed by atoms with E-state index in [2.05, 4.69) is 11.9 Å². The van der Waals surface area contributed by atoms with Gasteiger partial charge in [0, 0.05) is 19.2 Å². The number of fused-ring (bicyclic) bond motifs is 2. The maximum Gasteiger partial charge on any atom is 0.190 e. The van der Waals surface area contributed by atoms with E-state index in [4.69, 9.17) is 37.9 Å². The van der Waals surface area contributed by atoms with Crippen molar-refractivity contribution in [2.45, 2.75) is 108 Å². The molecule has 4 aliphatic rings. The molecule has 0 amide bonds. The zero-order chi connectivity index (χ0) is 26.9. The molecule has 5 rings (SSSR count). The molecule has 0 aromatic heterocycles. The maximum absolute atomic E-state index is 9.92. The van der Waals surface area contributed by atoms with Gasteiger partial charge in [0.1, 0.15) is 36.6 Å². The first kappa shape index (κ1) is 28.1. The maximum atomic E-state index is 9.92. The van der Waals surface area contributed by atoms with E-state index in [0.29, 0.717) is 26.2 Å². The van der Waals surface area contributed by atoms with Crippen LogP contribution in [0.4, 0.5) is 0 Å². The lowest BCUT2D eigenvalue weighted by molar-refractivity contribution is -0.224. The number of rotatable bonds is 12. The second kappa shape index (κ2) is 11.6. The fourth-order valence-corrected chi connectivity index (χ4v) is 5.67. The highest BCUT2D eigenvalue weighted by Gasteiger charge is 2.58. The predicted molar refractivity (Wildman–Crippen MR) is 136 cm³/mol. The van der Waals surface area contributed by atoms with Crippen molar-refractivity contribution in [3.63, 3.8) is 0 Å². The number of ether oxygens (including phenoxy) is 8. The van der Waals surface area contributed by atoms with Gasteiger partial charge in [-0.2, -0.15) is 0 Å². The third-order valence-corrected chi connectivity index (χ3v) is 7.22. The quantitative estimate of drug-likeness (QED) is 0.387. The largest absolute Gasteiger partial charge is 0.396 e. The number of aliphatic hydroxyl groups is 1. The minimum Gasteiger partial charge on any atom is -0.396 e. The Kier molecular flexibility index (Phi) is 8.56. The zero-order valence-electron chi connectivity index (χ0n) is 22.6. The Morgan fingerprint density at radius 3 is 2.26 bits per heavy atom. The molecule has 38 heavy (non-hydrogen) atoms. The summed E-state index contributed by atoms with van der Waals surface area (Å²) in [5, 5.41) is 13.5. The molecule has 4 aliphatic heterocycles. The third kappa shape index (κ3) is 6.15. The molecule has 0 bridgehead atoms. The van der Waals surface area contributed by atoms with Crippen molar-refractivity contribution in [1.82, 2.24) is 5.32 Å². The minimum absolute atomic E-state index is 0.0287. The third-order valence-electron chi connectivity index (χ3n) is 7.22. The molecule has 0 saturated carbocycles. The molecule has 10 heteroatoms. The van der Waals surface area contributed by atoms with Crippen molar-refractivity contribution < 1.29 is 43.0 Å². The summed E-state index contributed by atoms with van der Waals surface area (Å²) in [6, 6.07) is 9.71. The normalized spacial score (nSPS) is 37.7. The molecule has 10 nitrogen and oxygen atoms in total. The van der Waals surface area contributed by atoms with E-state index in [1.807, 2.05) is 58.0 Å². The Morgan fingerprint density at radius 1 is 0.947 bits per heavy atom. The monoisotopic (exact) mass is 535 g/mol. The van der Waals surface area contributed by atoms with E-state index in [1.54, 1.807) is 6.08 Å². The van der Waals surface area contributed by atoms with E-state index in [9.17, 15) is 5.11 Å². The van der Waals surface area contributed by atoms with Gasteiger partial charge in [0.05, 0.1) is 13.2 Å². The minimum atomic E-state index is -0.770. The van der Waals surface area contributed by atoms with Crippen molar-refractivity contribution in [2.24, 2.45) is 0 Å². The summed E-state index contributed by atoms with van der Waals surface area (Å²) in [5.41, 5.74) is 1.05. The van der Waals surface area contributed by atoms with Gasteiger partial charge in [-0.15, -0.1) is 6.58 Å². The topological polar surface area (TPSA) is 106 Å². The van der Waals surface area contributed by atoms with Crippen molar-refractivity contribution in [2.75, 3.05) is 19.8 Å². The Labute approximate surface area is 224 Å². The molecular formula is C28H41NO9. The van der Waals surface area contributed by atoms with Gasteiger partial charge in [-0.1, -0.05) is 36.4 Å². The van der Waals surface area contributed by atoms with Crippen LogP contribution in [0.2, 0.25) is 0 Å². The second-order valence-electron chi connectivity index (χ2n) is 11.1. The standard InChI is InChI=1S/C28H41NO9/c1-6-14-31-21-19(33-25-23(21)35-27(2,3)37-25)15-29-18(12-13-30)20-22(32-16-17-10-8-7-9-11-17)24-26(34-20)38-28(4,5)36-24/h6-11,18-26,29-30H,1,12-16H2,2-5H3/t18-,19+,20-,21-,22-,23+,24+,25+,26+/m0/s1. The summed E-state index contributed by atoms with van der Waals surface area (Å²) < 4.78 is 49.2. The lowest BCUT2D eigenvalue weighted by atomic mass is 10.00. The van der Waals surface area contributed by atoms with E-state index >= 15 is 0 Å². The molecule has 0 unspecified atom stereocenters. The predicted octanol–water partition coefficient (Wildman–Crippen LogP) is 2.24. The number of hydrogen-bond acceptors (Lipinski definition) is 10. The smallest absolute Gasteiger partial charge is 0.190 e. The summed E-state index contributed by atoms with van der Waals surface area (Å²) in [4.78, 5) is 0. The Hall–Kier alpha value is -1.44. The number of benzene rings is 1. The van der Waals surface area contributed by atoms with Gasteiger partial charge in [-0.3, -0.25) is 0 Å². The van der Waals surface area contributed by atoms with Gasteiger partial charge < -0.3 is 48.3 Å². The van der Waals surface area contributed by atoms with Gasteiger partial charge in [0.25, 0.3) is 0 Å². The molecule has 9 atom stereocenters. The molecule has 0 radical (unpaired) electrons. The van der Waals surface area contributed by atoms with Crippen LogP contribution >= 0.6 is 0 Å². The van der Waals surface area contributed by atoms with Gasteiger partial charge in [-0.25, -0.2) is 0 Å². The molecule has 4 heterocycles. The van der Waals surface area contributed by atoms with Gasteiger partial charge >= 0.3 is 0 Å².